The number of hydrogen-bond donors (Lipinski definition) is 0. The standard InChI is InChI=1S/C28H25N3O5S2/c1-5-34-27(33)24-16(3)29-28-31(25(24)22-7-6-10-37-22)26(32)23(38-28)12-18-11-15(2)30(17(18)4)19-8-9-20-21(13-19)36-14-35-20/h6-13,25H,5,14H2,1-4H3/b23-12+/t25-/m0/s1. The summed E-state index contributed by atoms with van der Waals surface area (Å²) in [7, 11) is 0. The van der Waals surface area contributed by atoms with Gasteiger partial charge in [0, 0.05) is 28.0 Å². The number of aromatic nitrogens is 2. The lowest BCUT2D eigenvalue weighted by atomic mass is 10.0. The molecular weight excluding hydrogens is 522 g/mol. The first kappa shape index (κ1) is 24.4. The minimum absolute atomic E-state index is 0.186. The van der Waals surface area contributed by atoms with Crippen LogP contribution in [0.5, 0.6) is 11.5 Å². The third kappa shape index (κ3) is 3.91. The van der Waals surface area contributed by atoms with Crippen LogP contribution in [-0.4, -0.2) is 28.5 Å². The lowest BCUT2D eigenvalue weighted by molar-refractivity contribution is -0.139. The highest BCUT2D eigenvalue weighted by molar-refractivity contribution is 7.10. The molecule has 0 fully saturated rings. The van der Waals surface area contributed by atoms with Crippen LogP contribution in [0.15, 0.2) is 62.8 Å². The molecule has 0 spiro atoms. The van der Waals surface area contributed by atoms with Crippen molar-refractivity contribution in [1.29, 1.82) is 0 Å². The summed E-state index contributed by atoms with van der Waals surface area (Å²) in [5.41, 5.74) is 4.68. The molecular formula is C28H25N3O5S2. The summed E-state index contributed by atoms with van der Waals surface area (Å²) < 4.78 is 20.7. The second kappa shape index (κ2) is 9.45. The second-order valence-corrected chi connectivity index (χ2v) is 11.0. The van der Waals surface area contributed by atoms with Crippen LogP contribution in [0.4, 0.5) is 0 Å². The van der Waals surface area contributed by atoms with E-state index in [1.807, 2.05) is 55.6 Å². The lowest BCUT2D eigenvalue weighted by Crippen LogP contribution is -2.39. The Hall–Kier alpha value is -3.89. The summed E-state index contributed by atoms with van der Waals surface area (Å²) in [5.74, 6) is 0.996. The van der Waals surface area contributed by atoms with Gasteiger partial charge in [0.05, 0.1) is 22.4 Å². The Kier molecular flexibility index (Phi) is 6.08. The Bertz CT molecular complexity index is 1790. The average molecular weight is 548 g/mol. The van der Waals surface area contributed by atoms with Gasteiger partial charge < -0.3 is 18.8 Å². The summed E-state index contributed by atoms with van der Waals surface area (Å²) in [4.78, 5) is 32.9. The van der Waals surface area contributed by atoms with Crippen molar-refractivity contribution in [3.05, 3.63) is 94.6 Å². The highest BCUT2D eigenvalue weighted by Gasteiger charge is 2.34. The van der Waals surface area contributed by atoms with Crippen LogP contribution in [0, 0.1) is 13.8 Å². The van der Waals surface area contributed by atoms with Gasteiger partial charge in [-0.1, -0.05) is 17.4 Å². The summed E-state index contributed by atoms with van der Waals surface area (Å²) in [5, 5.41) is 1.94. The Morgan fingerprint density at radius 3 is 2.76 bits per heavy atom. The lowest BCUT2D eigenvalue weighted by Gasteiger charge is -2.23. The third-order valence-corrected chi connectivity index (χ3v) is 8.61. The number of benzene rings is 1. The molecule has 0 bridgehead atoms. The fourth-order valence-electron chi connectivity index (χ4n) is 5.00. The normalized spacial score (nSPS) is 16.5. The molecule has 3 aromatic heterocycles. The maximum Gasteiger partial charge on any atom is 0.338 e. The highest BCUT2D eigenvalue weighted by atomic mass is 32.1. The fourth-order valence-corrected chi connectivity index (χ4v) is 6.87. The van der Waals surface area contributed by atoms with Gasteiger partial charge in [-0.25, -0.2) is 9.79 Å². The van der Waals surface area contributed by atoms with Gasteiger partial charge in [0.1, 0.15) is 6.04 Å². The topological polar surface area (TPSA) is 84.1 Å². The van der Waals surface area contributed by atoms with Crippen molar-refractivity contribution in [2.45, 2.75) is 33.7 Å². The van der Waals surface area contributed by atoms with Gasteiger partial charge in [-0.3, -0.25) is 9.36 Å². The number of thiophene rings is 1. The molecule has 194 valence electrons. The van der Waals surface area contributed by atoms with Crippen molar-refractivity contribution >= 4 is 34.7 Å². The molecule has 0 unspecified atom stereocenters. The zero-order chi connectivity index (χ0) is 26.6. The van der Waals surface area contributed by atoms with Crippen molar-refractivity contribution in [2.24, 2.45) is 4.99 Å². The van der Waals surface area contributed by atoms with Crippen LogP contribution in [-0.2, 0) is 9.53 Å². The van der Waals surface area contributed by atoms with E-state index in [4.69, 9.17) is 14.2 Å². The number of esters is 1. The molecule has 0 N–H and O–H groups in total. The first-order valence-electron chi connectivity index (χ1n) is 12.2. The Balaban J connectivity index is 1.48. The van der Waals surface area contributed by atoms with Gasteiger partial charge in [0.15, 0.2) is 16.3 Å². The third-order valence-electron chi connectivity index (χ3n) is 6.70. The van der Waals surface area contributed by atoms with Crippen LogP contribution >= 0.6 is 22.7 Å². The van der Waals surface area contributed by atoms with Crippen molar-refractivity contribution in [3.8, 4) is 17.2 Å². The van der Waals surface area contributed by atoms with Gasteiger partial charge in [-0.2, -0.15) is 0 Å². The maximum atomic E-state index is 13.8. The summed E-state index contributed by atoms with van der Waals surface area (Å²) in [6, 6.07) is 11.2. The number of thiazole rings is 1. The molecule has 10 heteroatoms. The quantitative estimate of drug-likeness (QED) is 0.353. The van der Waals surface area contributed by atoms with Gasteiger partial charge in [-0.15, -0.1) is 11.3 Å². The largest absolute Gasteiger partial charge is 0.463 e. The monoisotopic (exact) mass is 547 g/mol. The Morgan fingerprint density at radius 1 is 1.18 bits per heavy atom. The van der Waals surface area contributed by atoms with Crippen molar-refractivity contribution < 1.29 is 19.0 Å². The number of carbonyl (C=O) groups is 1. The fraction of sp³-hybridized carbons (Fsp3) is 0.250. The van der Waals surface area contributed by atoms with Crippen molar-refractivity contribution in [2.75, 3.05) is 13.4 Å². The Labute approximate surface area is 226 Å². The van der Waals surface area contributed by atoms with Crippen LogP contribution in [0.3, 0.4) is 0 Å². The second-order valence-electron chi connectivity index (χ2n) is 9.02. The zero-order valence-electron chi connectivity index (χ0n) is 21.3. The van der Waals surface area contributed by atoms with Gasteiger partial charge in [0.2, 0.25) is 6.79 Å². The molecule has 0 saturated heterocycles. The zero-order valence-corrected chi connectivity index (χ0v) is 22.9. The number of nitrogens with zero attached hydrogens (tertiary/aromatic N) is 3. The number of ether oxygens (including phenoxy) is 3. The Morgan fingerprint density at radius 2 is 2.00 bits per heavy atom. The van der Waals surface area contributed by atoms with E-state index in [0.29, 0.717) is 26.4 Å². The molecule has 1 atom stereocenters. The molecule has 2 aliphatic heterocycles. The van der Waals surface area contributed by atoms with E-state index >= 15 is 0 Å². The predicted molar refractivity (Wildman–Crippen MR) is 146 cm³/mol. The maximum absolute atomic E-state index is 13.8. The van der Waals surface area contributed by atoms with Gasteiger partial charge in [-0.05, 0) is 69.0 Å². The molecule has 6 rings (SSSR count). The van der Waals surface area contributed by atoms with Crippen LogP contribution in [0.1, 0.15) is 41.7 Å². The number of aryl methyl sites for hydroxylation is 1. The van der Waals surface area contributed by atoms with E-state index < -0.39 is 12.0 Å². The van der Waals surface area contributed by atoms with E-state index in [0.717, 1.165) is 33.3 Å². The molecule has 8 nitrogen and oxygen atoms in total. The van der Waals surface area contributed by atoms with E-state index in [1.54, 1.807) is 18.4 Å². The van der Waals surface area contributed by atoms with Crippen LogP contribution in [0.25, 0.3) is 11.8 Å². The average Bonchev–Trinajstić information content (AvgIpc) is 3.67. The molecule has 2 aliphatic rings. The first-order chi connectivity index (χ1) is 18.4. The van der Waals surface area contributed by atoms with Gasteiger partial charge >= 0.3 is 5.97 Å². The number of hydrogen-bond acceptors (Lipinski definition) is 8. The molecule has 4 aromatic rings. The molecule has 1 aromatic carbocycles. The minimum atomic E-state index is -0.575. The minimum Gasteiger partial charge on any atom is -0.463 e. The molecule has 0 aliphatic carbocycles. The van der Waals surface area contributed by atoms with E-state index in [9.17, 15) is 9.59 Å². The SMILES string of the molecule is CCOC(=O)C1=C(C)N=c2s/c(=C/c3cc(C)n(-c4ccc5c(c4)OCO5)c3C)c(=O)n2[C@H]1c1cccs1. The van der Waals surface area contributed by atoms with E-state index in [2.05, 4.69) is 15.6 Å². The van der Waals surface area contributed by atoms with E-state index in [-0.39, 0.29) is 19.0 Å². The van der Waals surface area contributed by atoms with E-state index in [1.165, 1.54) is 22.7 Å². The van der Waals surface area contributed by atoms with Crippen molar-refractivity contribution in [1.82, 2.24) is 9.13 Å². The number of carbonyl (C=O) groups excluding carboxylic acids is 1. The van der Waals surface area contributed by atoms with Crippen molar-refractivity contribution in [3.63, 3.8) is 0 Å². The smallest absolute Gasteiger partial charge is 0.338 e. The molecule has 0 radical (unpaired) electrons. The molecule has 5 heterocycles. The number of rotatable bonds is 5. The summed E-state index contributed by atoms with van der Waals surface area (Å²) in [6.45, 7) is 8.08. The molecule has 0 saturated carbocycles. The number of fused-ring (bicyclic) bond motifs is 2. The van der Waals surface area contributed by atoms with Crippen LogP contribution < -0.4 is 24.4 Å². The number of allylic oxidation sites excluding steroid dienone is 1. The first-order valence-corrected chi connectivity index (χ1v) is 13.9. The molecule has 38 heavy (non-hydrogen) atoms. The summed E-state index contributed by atoms with van der Waals surface area (Å²) in [6.07, 6.45) is 1.91. The predicted octanol–water partition coefficient (Wildman–Crippen LogP) is 4.00. The van der Waals surface area contributed by atoms with Crippen LogP contribution in [0.2, 0.25) is 0 Å². The molecule has 0 amide bonds. The summed E-state index contributed by atoms with van der Waals surface area (Å²) >= 11 is 2.82. The highest BCUT2D eigenvalue weighted by Crippen LogP contribution is 2.35. The van der Waals surface area contributed by atoms with Gasteiger partial charge in [0.25, 0.3) is 5.56 Å².